The van der Waals surface area contributed by atoms with Gasteiger partial charge in [-0.05, 0) is 38.9 Å². The van der Waals surface area contributed by atoms with Crippen molar-refractivity contribution in [1.82, 2.24) is 20.1 Å². The lowest BCUT2D eigenvalue weighted by Gasteiger charge is -2.13. The minimum Gasteiger partial charge on any atom is -0.313 e. The van der Waals surface area contributed by atoms with E-state index in [0.29, 0.717) is 6.54 Å². The average molecular weight is 230 g/mol. The van der Waals surface area contributed by atoms with Crippen LogP contribution in [-0.2, 0) is 6.54 Å². The second-order valence-electron chi connectivity index (χ2n) is 4.37. The van der Waals surface area contributed by atoms with E-state index in [1.54, 1.807) is 6.33 Å². The van der Waals surface area contributed by atoms with Crippen molar-refractivity contribution in [1.29, 1.82) is 0 Å². The van der Waals surface area contributed by atoms with Gasteiger partial charge in [0.05, 0.1) is 12.2 Å². The maximum Gasteiger partial charge on any atom is 0.146 e. The SMILES string of the molecule is CNCc1ncnn1-c1c(C)cc(C)cc1C. The van der Waals surface area contributed by atoms with Crippen molar-refractivity contribution in [2.24, 2.45) is 0 Å². The normalized spacial score (nSPS) is 10.8. The van der Waals surface area contributed by atoms with Crippen LogP contribution in [0.1, 0.15) is 22.5 Å². The molecule has 0 unspecified atom stereocenters. The highest BCUT2D eigenvalue weighted by Crippen LogP contribution is 2.20. The Labute approximate surface area is 102 Å². The Morgan fingerprint density at radius 3 is 2.41 bits per heavy atom. The van der Waals surface area contributed by atoms with Crippen LogP contribution in [0.4, 0.5) is 0 Å². The zero-order valence-electron chi connectivity index (χ0n) is 10.8. The minimum atomic E-state index is 0.715. The summed E-state index contributed by atoms with van der Waals surface area (Å²) in [6, 6.07) is 4.35. The average Bonchev–Trinajstić information content (AvgIpc) is 2.65. The van der Waals surface area contributed by atoms with Crippen LogP contribution in [0.2, 0.25) is 0 Å². The third-order valence-corrected chi connectivity index (χ3v) is 2.80. The molecule has 0 fully saturated rings. The fourth-order valence-corrected chi connectivity index (χ4v) is 2.24. The van der Waals surface area contributed by atoms with E-state index in [1.165, 1.54) is 16.7 Å². The molecule has 4 heteroatoms. The molecule has 1 heterocycles. The molecule has 1 N–H and O–H groups in total. The van der Waals surface area contributed by atoms with E-state index in [4.69, 9.17) is 0 Å². The summed E-state index contributed by atoms with van der Waals surface area (Å²) in [5, 5.41) is 7.43. The predicted octanol–water partition coefficient (Wildman–Crippen LogP) is 1.91. The highest BCUT2D eigenvalue weighted by Gasteiger charge is 2.11. The first-order valence-electron chi connectivity index (χ1n) is 5.75. The molecule has 0 bridgehead atoms. The molecule has 0 atom stereocenters. The summed E-state index contributed by atoms with van der Waals surface area (Å²) in [5.74, 6) is 0.933. The van der Waals surface area contributed by atoms with Gasteiger partial charge in [0, 0.05) is 0 Å². The highest BCUT2D eigenvalue weighted by molar-refractivity contribution is 5.49. The second kappa shape index (κ2) is 4.67. The summed E-state index contributed by atoms with van der Waals surface area (Å²) < 4.78 is 1.92. The van der Waals surface area contributed by atoms with Crippen molar-refractivity contribution in [2.75, 3.05) is 7.05 Å². The smallest absolute Gasteiger partial charge is 0.146 e. The first-order chi connectivity index (χ1) is 8.13. The first-order valence-corrected chi connectivity index (χ1v) is 5.75. The lowest BCUT2D eigenvalue weighted by molar-refractivity contribution is 0.708. The summed E-state index contributed by atoms with van der Waals surface area (Å²) in [6.45, 7) is 7.05. The Morgan fingerprint density at radius 1 is 1.18 bits per heavy atom. The molecule has 0 amide bonds. The number of nitrogens with one attached hydrogen (secondary N) is 1. The largest absolute Gasteiger partial charge is 0.313 e. The van der Waals surface area contributed by atoms with Crippen LogP contribution in [0, 0.1) is 20.8 Å². The minimum absolute atomic E-state index is 0.715. The van der Waals surface area contributed by atoms with E-state index >= 15 is 0 Å². The lowest BCUT2D eigenvalue weighted by atomic mass is 10.1. The van der Waals surface area contributed by atoms with Crippen LogP contribution in [0.5, 0.6) is 0 Å². The van der Waals surface area contributed by atoms with Crippen LogP contribution >= 0.6 is 0 Å². The van der Waals surface area contributed by atoms with Crippen LogP contribution < -0.4 is 5.32 Å². The predicted molar refractivity (Wildman–Crippen MR) is 68.3 cm³/mol. The molecule has 0 radical (unpaired) electrons. The van der Waals surface area contributed by atoms with E-state index in [0.717, 1.165) is 11.5 Å². The van der Waals surface area contributed by atoms with Gasteiger partial charge in [0.25, 0.3) is 0 Å². The standard InChI is InChI=1S/C13H18N4/c1-9-5-10(2)13(11(3)6-9)17-12(7-14-4)15-8-16-17/h5-6,8,14H,7H2,1-4H3. The zero-order valence-corrected chi connectivity index (χ0v) is 10.8. The molecule has 17 heavy (non-hydrogen) atoms. The highest BCUT2D eigenvalue weighted by atomic mass is 15.3. The number of benzene rings is 1. The zero-order chi connectivity index (χ0) is 12.4. The molecule has 0 spiro atoms. The number of hydrogen-bond acceptors (Lipinski definition) is 3. The van der Waals surface area contributed by atoms with Crippen LogP contribution in [0.15, 0.2) is 18.5 Å². The van der Waals surface area contributed by atoms with Gasteiger partial charge in [-0.25, -0.2) is 9.67 Å². The summed E-state index contributed by atoms with van der Waals surface area (Å²) in [4.78, 5) is 4.28. The molecule has 0 aliphatic rings. The van der Waals surface area contributed by atoms with Gasteiger partial charge in [-0.15, -0.1) is 0 Å². The third-order valence-electron chi connectivity index (χ3n) is 2.80. The molecule has 0 saturated carbocycles. The molecule has 0 aliphatic carbocycles. The number of rotatable bonds is 3. The van der Waals surface area contributed by atoms with Gasteiger partial charge in [-0.1, -0.05) is 17.7 Å². The van der Waals surface area contributed by atoms with Crippen LogP contribution in [-0.4, -0.2) is 21.8 Å². The number of aromatic nitrogens is 3. The molecular formula is C13H18N4. The first kappa shape index (κ1) is 11.8. The van der Waals surface area contributed by atoms with Gasteiger partial charge < -0.3 is 5.32 Å². The van der Waals surface area contributed by atoms with Crippen molar-refractivity contribution < 1.29 is 0 Å². The van der Waals surface area contributed by atoms with E-state index < -0.39 is 0 Å². The Kier molecular flexibility index (Phi) is 3.24. The molecule has 1 aromatic heterocycles. The Balaban J connectivity index is 2.56. The number of aryl methyl sites for hydroxylation is 3. The fourth-order valence-electron chi connectivity index (χ4n) is 2.24. The van der Waals surface area contributed by atoms with E-state index in [9.17, 15) is 0 Å². The van der Waals surface area contributed by atoms with Gasteiger partial charge in [0.1, 0.15) is 12.2 Å². The van der Waals surface area contributed by atoms with Crippen LogP contribution in [0.3, 0.4) is 0 Å². The maximum atomic E-state index is 4.32. The summed E-state index contributed by atoms with van der Waals surface area (Å²) in [7, 11) is 1.91. The monoisotopic (exact) mass is 230 g/mol. The van der Waals surface area contributed by atoms with Gasteiger partial charge in [-0.3, -0.25) is 0 Å². The molecular weight excluding hydrogens is 212 g/mol. The lowest BCUT2D eigenvalue weighted by Crippen LogP contribution is -2.13. The van der Waals surface area contributed by atoms with Crippen molar-refractivity contribution in [3.05, 3.63) is 41.0 Å². The van der Waals surface area contributed by atoms with Gasteiger partial charge in [0.15, 0.2) is 0 Å². The molecule has 90 valence electrons. The quantitative estimate of drug-likeness (QED) is 0.876. The number of hydrogen-bond donors (Lipinski definition) is 1. The van der Waals surface area contributed by atoms with Crippen molar-refractivity contribution >= 4 is 0 Å². The van der Waals surface area contributed by atoms with E-state index in [1.807, 2.05) is 11.7 Å². The van der Waals surface area contributed by atoms with Gasteiger partial charge in [0.2, 0.25) is 0 Å². The molecule has 1 aromatic carbocycles. The van der Waals surface area contributed by atoms with E-state index in [2.05, 4.69) is 48.3 Å². The van der Waals surface area contributed by atoms with Gasteiger partial charge in [-0.2, -0.15) is 5.10 Å². The Bertz CT molecular complexity index is 505. The fraction of sp³-hybridized carbons (Fsp3) is 0.385. The molecule has 2 rings (SSSR count). The summed E-state index contributed by atoms with van der Waals surface area (Å²) in [5.41, 5.74) is 4.87. The molecule has 0 aliphatic heterocycles. The molecule has 2 aromatic rings. The summed E-state index contributed by atoms with van der Waals surface area (Å²) >= 11 is 0. The van der Waals surface area contributed by atoms with E-state index in [-0.39, 0.29) is 0 Å². The third kappa shape index (κ3) is 2.22. The summed E-state index contributed by atoms with van der Waals surface area (Å²) in [6.07, 6.45) is 1.60. The van der Waals surface area contributed by atoms with Gasteiger partial charge >= 0.3 is 0 Å². The number of nitrogens with zero attached hydrogens (tertiary/aromatic N) is 3. The van der Waals surface area contributed by atoms with Crippen molar-refractivity contribution in [3.8, 4) is 5.69 Å². The Hall–Kier alpha value is -1.68. The van der Waals surface area contributed by atoms with Crippen LogP contribution in [0.25, 0.3) is 5.69 Å². The molecule has 0 saturated heterocycles. The molecule has 4 nitrogen and oxygen atoms in total. The maximum absolute atomic E-state index is 4.32. The second-order valence-corrected chi connectivity index (χ2v) is 4.37. The topological polar surface area (TPSA) is 42.7 Å². The van der Waals surface area contributed by atoms with Crippen molar-refractivity contribution in [2.45, 2.75) is 27.3 Å². The van der Waals surface area contributed by atoms with Crippen molar-refractivity contribution in [3.63, 3.8) is 0 Å². The Morgan fingerprint density at radius 2 is 1.82 bits per heavy atom.